The van der Waals surface area contributed by atoms with Crippen LogP contribution in [-0.2, 0) is 4.79 Å². The highest BCUT2D eigenvalue weighted by atomic mass is 19.1. The molecule has 0 radical (unpaired) electrons. The third-order valence-electron chi connectivity index (χ3n) is 2.95. The van der Waals surface area contributed by atoms with Gasteiger partial charge >= 0.3 is 0 Å². The van der Waals surface area contributed by atoms with Gasteiger partial charge in [-0.05, 0) is 0 Å². The number of benzene rings is 1. The Balaban J connectivity index is 2.29. The average Bonchev–Trinajstić information content (AvgIpc) is 2.54. The zero-order valence-electron chi connectivity index (χ0n) is 10.2. The van der Waals surface area contributed by atoms with Crippen molar-refractivity contribution >= 4 is 17.3 Å². The first-order chi connectivity index (χ1) is 8.61. The summed E-state index contributed by atoms with van der Waals surface area (Å²) in [6.45, 7) is 1.55. The molecule has 1 saturated heterocycles. The summed E-state index contributed by atoms with van der Waals surface area (Å²) < 4.78 is 19.0. The second-order valence-electron chi connectivity index (χ2n) is 4.13. The maximum absolute atomic E-state index is 13.9. The highest BCUT2D eigenvalue weighted by Crippen LogP contribution is 2.30. The molecule has 0 spiro atoms. The number of hydrogen-bond donors (Lipinski definition) is 2. The van der Waals surface area contributed by atoms with Crippen LogP contribution in [-0.4, -0.2) is 32.7 Å². The fourth-order valence-corrected chi connectivity index (χ4v) is 1.99. The molecule has 2 rings (SSSR count). The van der Waals surface area contributed by atoms with E-state index in [9.17, 15) is 9.18 Å². The quantitative estimate of drug-likeness (QED) is 0.763. The Hall–Kier alpha value is -1.98. The van der Waals surface area contributed by atoms with Crippen LogP contribution in [0, 0.1) is 5.82 Å². The smallest absolute Gasteiger partial charge is 0.221 e. The van der Waals surface area contributed by atoms with Crippen LogP contribution < -0.4 is 20.7 Å². The van der Waals surface area contributed by atoms with Gasteiger partial charge in [-0.25, -0.2) is 4.39 Å². The zero-order valence-corrected chi connectivity index (χ0v) is 10.2. The lowest BCUT2D eigenvalue weighted by atomic mass is 10.2. The third-order valence-corrected chi connectivity index (χ3v) is 2.95. The number of nitrogens with two attached hydrogens (primary N) is 1. The molecular formula is C12H16FN3O2. The number of carbonyl (C=O) groups excluding carboxylic acids is 1. The summed E-state index contributed by atoms with van der Waals surface area (Å²) in [6.07, 6.45) is 0.353. The molecule has 1 aliphatic heterocycles. The molecule has 3 N–H and O–H groups in total. The van der Waals surface area contributed by atoms with E-state index in [1.54, 1.807) is 6.07 Å². The summed E-state index contributed by atoms with van der Waals surface area (Å²) >= 11 is 0. The summed E-state index contributed by atoms with van der Waals surface area (Å²) in [4.78, 5) is 13.1. The predicted octanol–water partition coefficient (Wildman–Crippen LogP) is 0.743. The first-order valence-electron chi connectivity index (χ1n) is 5.76. The minimum Gasteiger partial charge on any atom is -0.495 e. The van der Waals surface area contributed by atoms with Crippen molar-refractivity contribution < 1.29 is 13.9 Å². The Labute approximate surface area is 105 Å². The fourth-order valence-electron chi connectivity index (χ4n) is 1.99. The molecule has 5 nitrogen and oxygen atoms in total. The standard InChI is InChI=1S/C12H16FN3O2/c1-18-11-7-10(8(13)6-9(11)14)16-4-2-12(17)15-3-5-16/h6-7H,2-5,14H2,1H3,(H,15,17). The highest BCUT2D eigenvalue weighted by molar-refractivity contribution is 5.77. The van der Waals surface area contributed by atoms with Crippen molar-refractivity contribution in [2.75, 3.05) is 37.4 Å². The number of halogens is 1. The Kier molecular flexibility index (Phi) is 3.55. The number of nitrogens with one attached hydrogen (secondary N) is 1. The van der Waals surface area contributed by atoms with Crippen LogP contribution in [0.3, 0.4) is 0 Å². The summed E-state index contributed by atoms with van der Waals surface area (Å²) in [5.41, 5.74) is 6.31. The van der Waals surface area contributed by atoms with Crippen LogP contribution in [0.5, 0.6) is 5.75 Å². The zero-order chi connectivity index (χ0) is 13.1. The van der Waals surface area contributed by atoms with Crippen LogP contribution in [0.15, 0.2) is 12.1 Å². The summed E-state index contributed by atoms with van der Waals surface area (Å²) in [6, 6.07) is 2.81. The molecule has 0 unspecified atom stereocenters. The Bertz CT molecular complexity index is 465. The molecule has 6 heteroatoms. The molecule has 1 fully saturated rings. The second-order valence-corrected chi connectivity index (χ2v) is 4.13. The lowest BCUT2D eigenvalue weighted by Gasteiger charge is -2.23. The molecule has 0 atom stereocenters. The number of rotatable bonds is 2. The summed E-state index contributed by atoms with van der Waals surface area (Å²) in [5.74, 6) is 0.0258. The number of amides is 1. The van der Waals surface area contributed by atoms with Gasteiger partial charge in [-0.2, -0.15) is 0 Å². The van der Waals surface area contributed by atoms with Crippen LogP contribution in [0.2, 0.25) is 0 Å². The van der Waals surface area contributed by atoms with E-state index in [2.05, 4.69) is 5.32 Å². The van der Waals surface area contributed by atoms with Crippen molar-refractivity contribution in [1.29, 1.82) is 0 Å². The van der Waals surface area contributed by atoms with Crippen LogP contribution >= 0.6 is 0 Å². The number of nitrogens with zero attached hydrogens (tertiary/aromatic N) is 1. The number of carbonyl (C=O) groups is 1. The third kappa shape index (κ3) is 2.47. The Morgan fingerprint density at radius 2 is 2.22 bits per heavy atom. The van der Waals surface area contributed by atoms with Gasteiger partial charge in [0.05, 0.1) is 18.5 Å². The van der Waals surface area contributed by atoms with Crippen molar-refractivity contribution in [2.24, 2.45) is 0 Å². The van der Waals surface area contributed by atoms with E-state index in [0.717, 1.165) is 0 Å². The van der Waals surface area contributed by atoms with Crippen molar-refractivity contribution in [3.63, 3.8) is 0 Å². The monoisotopic (exact) mass is 253 g/mol. The fraction of sp³-hybridized carbons (Fsp3) is 0.417. The van der Waals surface area contributed by atoms with Crippen LogP contribution in [0.1, 0.15) is 6.42 Å². The van der Waals surface area contributed by atoms with Gasteiger partial charge in [0.25, 0.3) is 0 Å². The summed E-state index contributed by atoms with van der Waals surface area (Å²) in [7, 11) is 1.49. The van der Waals surface area contributed by atoms with Crippen molar-refractivity contribution in [2.45, 2.75) is 6.42 Å². The minimum atomic E-state index is -0.400. The number of hydrogen-bond acceptors (Lipinski definition) is 4. The first-order valence-corrected chi connectivity index (χ1v) is 5.76. The van der Waals surface area contributed by atoms with Gasteiger partial charge < -0.3 is 20.7 Å². The van der Waals surface area contributed by atoms with Gasteiger partial charge in [0.1, 0.15) is 11.6 Å². The van der Waals surface area contributed by atoms with Crippen molar-refractivity contribution in [3.8, 4) is 5.75 Å². The molecular weight excluding hydrogens is 237 g/mol. The minimum absolute atomic E-state index is 0.0136. The number of ether oxygens (including phenoxy) is 1. The number of anilines is 2. The van der Waals surface area contributed by atoms with E-state index in [1.807, 2.05) is 4.90 Å². The lowest BCUT2D eigenvalue weighted by Crippen LogP contribution is -2.29. The normalized spacial score (nSPS) is 16.1. The second kappa shape index (κ2) is 5.12. The topological polar surface area (TPSA) is 67.6 Å². The lowest BCUT2D eigenvalue weighted by molar-refractivity contribution is -0.120. The number of methoxy groups -OCH3 is 1. The molecule has 1 heterocycles. The number of nitrogen functional groups attached to an aromatic ring is 1. The van der Waals surface area contributed by atoms with E-state index in [4.69, 9.17) is 10.5 Å². The molecule has 18 heavy (non-hydrogen) atoms. The molecule has 1 aromatic rings. The van der Waals surface area contributed by atoms with E-state index in [0.29, 0.717) is 37.5 Å². The molecule has 0 saturated carbocycles. The highest BCUT2D eigenvalue weighted by Gasteiger charge is 2.18. The molecule has 1 aliphatic rings. The van der Waals surface area contributed by atoms with Gasteiger partial charge in [0.15, 0.2) is 0 Å². The SMILES string of the molecule is COc1cc(N2CCNC(=O)CC2)c(F)cc1N. The molecule has 0 bridgehead atoms. The van der Waals surface area contributed by atoms with Crippen molar-refractivity contribution in [3.05, 3.63) is 17.9 Å². The van der Waals surface area contributed by atoms with Crippen LogP contribution in [0.25, 0.3) is 0 Å². The van der Waals surface area contributed by atoms with Gasteiger partial charge in [-0.3, -0.25) is 4.79 Å². The van der Waals surface area contributed by atoms with Crippen LogP contribution in [0.4, 0.5) is 15.8 Å². The molecule has 1 aromatic carbocycles. The first kappa shape index (κ1) is 12.5. The Morgan fingerprint density at radius 1 is 1.44 bits per heavy atom. The van der Waals surface area contributed by atoms with E-state index in [1.165, 1.54) is 13.2 Å². The Morgan fingerprint density at radius 3 is 2.94 bits per heavy atom. The maximum Gasteiger partial charge on any atom is 0.221 e. The van der Waals surface area contributed by atoms with Gasteiger partial charge in [0.2, 0.25) is 5.91 Å². The van der Waals surface area contributed by atoms with E-state index >= 15 is 0 Å². The van der Waals surface area contributed by atoms with Gasteiger partial charge in [0, 0.05) is 38.2 Å². The van der Waals surface area contributed by atoms with Gasteiger partial charge in [-0.1, -0.05) is 0 Å². The molecule has 98 valence electrons. The summed E-state index contributed by atoms with van der Waals surface area (Å²) in [5, 5.41) is 2.74. The van der Waals surface area contributed by atoms with E-state index in [-0.39, 0.29) is 11.6 Å². The maximum atomic E-state index is 13.9. The average molecular weight is 253 g/mol. The molecule has 0 aromatic heterocycles. The predicted molar refractivity (Wildman–Crippen MR) is 67.2 cm³/mol. The van der Waals surface area contributed by atoms with Crippen molar-refractivity contribution in [1.82, 2.24) is 5.32 Å². The van der Waals surface area contributed by atoms with Gasteiger partial charge in [-0.15, -0.1) is 0 Å². The largest absolute Gasteiger partial charge is 0.495 e. The molecule has 1 amide bonds. The van der Waals surface area contributed by atoms with E-state index < -0.39 is 5.82 Å². The molecule has 0 aliphatic carbocycles.